The molecule has 0 bridgehead atoms. The van der Waals surface area contributed by atoms with Crippen molar-refractivity contribution in [3.05, 3.63) is 35.4 Å². The first kappa shape index (κ1) is 21.8. The van der Waals surface area contributed by atoms with E-state index >= 15 is 0 Å². The van der Waals surface area contributed by atoms with E-state index in [0.29, 0.717) is 17.9 Å². The number of hydrogen-bond donors (Lipinski definition) is 2. The maximum absolute atomic E-state index is 13.0. The molecule has 1 heterocycles. The fourth-order valence-corrected chi connectivity index (χ4v) is 3.92. The molecule has 1 atom stereocenters. The first-order valence-electron chi connectivity index (χ1n) is 9.91. The van der Waals surface area contributed by atoms with Crippen molar-refractivity contribution in [1.82, 2.24) is 15.5 Å². The van der Waals surface area contributed by atoms with Crippen molar-refractivity contribution in [2.75, 3.05) is 38.2 Å². The topological polar surface area (TPSA) is 61.4 Å². The summed E-state index contributed by atoms with van der Waals surface area (Å²) in [4.78, 5) is 27.6. The van der Waals surface area contributed by atoms with E-state index in [0.717, 1.165) is 50.3 Å². The molecule has 5 nitrogen and oxygen atoms in total. The lowest BCUT2D eigenvalue weighted by molar-refractivity contribution is -0.134. The van der Waals surface area contributed by atoms with Crippen LogP contribution in [0, 0.1) is 12.8 Å². The van der Waals surface area contributed by atoms with Crippen molar-refractivity contribution in [1.29, 1.82) is 0 Å². The smallest absolute Gasteiger partial charge is 0.251 e. The molecule has 1 aliphatic rings. The zero-order valence-electron chi connectivity index (χ0n) is 16.8. The lowest BCUT2D eigenvalue weighted by atomic mass is 9.96. The van der Waals surface area contributed by atoms with Gasteiger partial charge in [0.15, 0.2) is 0 Å². The van der Waals surface area contributed by atoms with Crippen molar-refractivity contribution >= 4 is 23.6 Å². The fourth-order valence-electron chi connectivity index (χ4n) is 3.45. The molecule has 1 aliphatic heterocycles. The molecule has 0 radical (unpaired) electrons. The van der Waals surface area contributed by atoms with E-state index in [2.05, 4.69) is 17.6 Å². The normalized spacial score (nSPS) is 16.2. The number of nitrogens with zero attached hydrogens (tertiary/aromatic N) is 1. The van der Waals surface area contributed by atoms with Gasteiger partial charge in [0.1, 0.15) is 6.04 Å². The SMILES string of the molecule is CCNCC1CCN(C(=O)C(CCSC)NC(=O)c2cccc(C)c2)CC1. The van der Waals surface area contributed by atoms with Gasteiger partial charge in [0.05, 0.1) is 0 Å². The number of carbonyl (C=O) groups excluding carboxylic acids is 2. The van der Waals surface area contributed by atoms with Gasteiger partial charge in [-0.3, -0.25) is 9.59 Å². The Morgan fingerprint density at radius 1 is 1.30 bits per heavy atom. The van der Waals surface area contributed by atoms with E-state index < -0.39 is 6.04 Å². The second-order valence-electron chi connectivity index (χ2n) is 7.25. The maximum Gasteiger partial charge on any atom is 0.251 e. The molecule has 2 rings (SSSR count). The molecule has 27 heavy (non-hydrogen) atoms. The molecule has 0 aliphatic carbocycles. The Labute approximate surface area is 167 Å². The van der Waals surface area contributed by atoms with Gasteiger partial charge in [-0.05, 0) is 69.3 Å². The summed E-state index contributed by atoms with van der Waals surface area (Å²) in [5, 5.41) is 6.38. The number of thioether (sulfide) groups is 1. The molecule has 1 saturated heterocycles. The summed E-state index contributed by atoms with van der Waals surface area (Å²) in [6.07, 6.45) is 4.74. The highest BCUT2D eigenvalue weighted by molar-refractivity contribution is 7.98. The van der Waals surface area contributed by atoms with Gasteiger partial charge in [-0.25, -0.2) is 0 Å². The summed E-state index contributed by atoms with van der Waals surface area (Å²) in [6.45, 7) is 7.66. The van der Waals surface area contributed by atoms with Crippen LogP contribution in [0.25, 0.3) is 0 Å². The van der Waals surface area contributed by atoms with E-state index in [9.17, 15) is 9.59 Å². The second kappa shape index (κ2) is 11.3. The minimum atomic E-state index is -0.448. The van der Waals surface area contributed by atoms with E-state index in [-0.39, 0.29) is 11.8 Å². The molecule has 1 aromatic rings. The molecule has 2 N–H and O–H groups in total. The van der Waals surface area contributed by atoms with Gasteiger partial charge in [-0.15, -0.1) is 0 Å². The van der Waals surface area contributed by atoms with Crippen LogP contribution in [0.15, 0.2) is 24.3 Å². The van der Waals surface area contributed by atoms with E-state index in [4.69, 9.17) is 0 Å². The Hall–Kier alpha value is -1.53. The Bertz CT molecular complexity index is 615. The van der Waals surface area contributed by atoms with Crippen LogP contribution in [0.5, 0.6) is 0 Å². The largest absolute Gasteiger partial charge is 0.341 e. The summed E-state index contributed by atoms with van der Waals surface area (Å²) in [5.74, 6) is 1.38. The van der Waals surface area contributed by atoms with Crippen LogP contribution >= 0.6 is 11.8 Å². The second-order valence-corrected chi connectivity index (χ2v) is 8.24. The lowest BCUT2D eigenvalue weighted by Gasteiger charge is -2.34. The molecule has 150 valence electrons. The van der Waals surface area contributed by atoms with Gasteiger partial charge >= 0.3 is 0 Å². The highest BCUT2D eigenvalue weighted by Crippen LogP contribution is 2.18. The molecule has 1 unspecified atom stereocenters. The third-order valence-electron chi connectivity index (χ3n) is 5.10. The lowest BCUT2D eigenvalue weighted by Crippen LogP contribution is -2.51. The third-order valence-corrected chi connectivity index (χ3v) is 5.75. The molecule has 1 fully saturated rings. The number of rotatable bonds is 9. The number of likely N-dealkylation sites (tertiary alicyclic amines) is 1. The Kier molecular flexibility index (Phi) is 9.15. The average Bonchev–Trinajstić information content (AvgIpc) is 2.69. The highest BCUT2D eigenvalue weighted by atomic mass is 32.2. The zero-order valence-corrected chi connectivity index (χ0v) is 17.6. The number of piperidine rings is 1. The van der Waals surface area contributed by atoms with Crippen molar-refractivity contribution < 1.29 is 9.59 Å². The van der Waals surface area contributed by atoms with E-state index in [1.165, 1.54) is 0 Å². The number of nitrogens with one attached hydrogen (secondary N) is 2. The van der Waals surface area contributed by atoms with Gasteiger partial charge in [0.2, 0.25) is 5.91 Å². The monoisotopic (exact) mass is 391 g/mol. The molecule has 0 spiro atoms. The van der Waals surface area contributed by atoms with Crippen LogP contribution in [0.4, 0.5) is 0 Å². The number of carbonyl (C=O) groups is 2. The minimum absolute atomic E-state index is 0.0620. The summed E-state index contributed by atoms with van der Waals surface area (Å²) in [5.41, 5.74) is 1.65. The molecule has 1 aromatic carbocycles. The van der Waals surface area contributed by atoms with Crippen LogP contribution in [-0.2, 0) is 4.79 Å². The Morgan fingerprint density at radius 3 is 2.67 bits per heavy atom. The number of amides is 2. The van der Waals surface area contributed by atoms with E-state index in [1.54, 1.807) is 17.8 Å². The highest BCUT2D eigenvalue weighted by Gasteiger charge is 2.29. The first-order chi connectivity index (χ1) is 13.0. The molecule has 0 saturated carbocycles. The van der Waals surface area contributed by atoms with Gasteiger partial charge in [0.25, 0.3) is 5.91 Å². The average molecular weight is 392 g/mol. The van der Waals surface area contributed by atoms with Crippen LogP contribution in [-0.4, -0.2) is 60.9 Å². The van der Waals surface area contributed by atoms with Crippen molar-refractivity contribution in [2.24, 2.45) is 5.92 Å². The molecular formula is C21H33N3O2S. The van der Waals surface area contributed by atoms with Gasteiger partial charge in [-0.1, -0.05) is 24.6 Å². The van der Waals surface area contributed by atoms with Gasteiger partial charge < -0.3 is 15.5 Å². The number of aryl methyl sites for hydroxylation is 1. The molecule has 6 heteroatoms. The zero-order chi connectivity index (χ0) is 19.6. The Balaban J connectivity index is 1.96. The molecule has 2 amide bonds. The van der Waals surface area contributed by atoms with Crippen LogP contribution in [0.2, 0.25) is 0 Å². The first-order valence-corrected chi connectivity index (χ1v) is 11.3. The van der Waals surface area contributed by atoms with Crippen molar-refractivity contribution in [3.8, 4) is 0 Å². The number of benzene rings is 1. The van der Waals surface area contributed by atoms with Crippen LogP contribution in [0.1, 0.15) is 42.1 Å². The van der Waals surface area contributed by atoms with Gasteiger partial charge in [0, 0.05) is 18.7 Å². The van der Waals surface area contributed by atoms with Crippen molar-refractivity contribution in [2.45, 2.75) is 39.2 Å². The number of hydrogen-bond acceptors (Lipinski definition) is 4. The standard InChI is InChI=1S/C21H33N3O2S/c1-4-22-15-17-8-11-24(12-9-17)21(26)19(10-13-27-3)23-20(25)18-7-5-6-16(2)14-18/h5-7,14,17,19,22H,4,8-13,15H2,1-3H3,(H,23,25). The maximum atomic E-state index is 13.0. The predicted octanol–water partition coefficient (Wildman–Crippen LogP) is 2.69. The van der Waals surface area contributed by atoms with Crippen molar-refractivity contribution in [3.63, 3.8) is 0 Å². The fraction of sp³-hybridized carbons (Fsp3) is 0.619. The molecule has 0 aromatic heterocycles. The summed E-state index contributed by atoms with van der Waals surface area (Å²) >= 11 is 1.70. The quantitative estimate of drug-likeness (QED) is 0.679. The summed E-state index contributed by atoms with van der Waals surface area (Å²) < 4.78 is 0. The summed E-state index contributed by atoms with van der Waals surface area (Å²) in [7, 11) is 0. The Morgan fingerprint density at radius 2 is 2.04 bits per heavy atom. The third kappa shape index (κ3) is 6.85. The van der Waals surface area contributed by atoms with Gasteiger partial charge in [-0.2, -0.15) is 11.8 Å². The molecular weight excluding hydrogens is 358 g/mol. The predicted molar refractivity (Wildman–Crippen MR) is 113 cm³/mol. The van der Waals surface area contributed by atoms with Crippen LogP contribution in [0.3, 0.4) is 0 Å². The minimum Gasteiger partial charge on any atom is -0.341 e. The van der Waals surface area contributed by atoms with Crippen LogP contribution < -0.4 is 10.6 Å². The van der Waals surface area contributed by atoms with E-state index in [1.807, 2.05) is 36.3 Å². The summed E-state index contributed by atoms with van der Waals surface area (Å²) in [6, 6.07) is 7.04.